The highest BCUT2D eigenvalue weighted by Gasteiger charge is 2.38. The maximum absolute atomic E-state index is 13.2. The zero-order chi connectivity index (χ0) is 21.3. The van der Waals surface area contributed by atoms with Gasteiger partial charge in [0.1, 0.15) is 0 Å². The van der Waals surface area contributed by atoms with Gasteiger partial charge in [-0.2, -0.15) is 0 Å². The first kappa shape index (κ1) is 20.2. The van der Waals surface area contributed by atoms with Gasteiger partial charge in [-0.3, -0.25) is 9.59 Å². The van der Waals surface area contributed by atoms with E-state index in [1.807, 2.05) is 6.92 Å². The van der Waals surface area contributed by atoms with Crippen LogP contribution < -0.4 is 10.1 Å². The number of benzene rings is 2. The van der Waals surface area contributed by atoms with Crippen LogP contribution in [0, 0.1) is 0 Å². The van der Waals surface area contributed by atoms with E-state index in [0.29, 0.717) is 30.8 Å². The molecule has 1 amide bonds. The zero-order valence-corrected chi connectivity index (χ0v) is 17.4. The molecule has 0 saturated carbocycles. The normalized spacial score (nSPS) is 21.3. The van der Waals surface area contributed by atoms with Crippen LogP contribution in [0.4, 0.5) is 0 Å². The molecule has 2 atom stereocenters. The molecule has 0 radical (unpaired) electrons. The number of rotatable bonds is 5. The molecule has 0 saturated heterocycles. The van der Waals surface area contributed by atoms with Gasteiger partial charge in [0, 0.05) is 30.0 Å². The van der Waals surface area contributed by atoms with Crippen molar-refractivity contribution in [2.75, 3.05) is 6.61 Å². The molecule has 2 aliphatic rings. The summed E-state index contributed by atoms with van der Waals surface area (Å²) in [5.74, 6) is 0.182. The second-order valence-electron chi connectivity index (χ2n) is 7.98. The smallest absolute Gasteiger partial charge is 0.225 e. The van der Waals surface area contributed by atoms with Gasteiger partial charge in [0.2, 0.25) is 5.91 Å². The van der Waals surface area contributed by atoms with E-state index < -0.39 is 0 Å². The first-order chi connectivity index (χ1) is 14.5. The Hall–Kier alpha value is -3.08. The fourth-order valence-corrected chi connectivity index (χ4v) is 4.52. The summed E-state index contributed by atoms with van der Waals surface area (Å²) < 4.78 is 5.50. The number of nitrogens with one attached hydrogen (secondary N) is 1. The van der Waals surface area contributed by atoms with Crippen molar-refractivity contribution in [2.24, 2.45) is 0 Å². The third kappa shape index (κ3) is 3.84. The number of aromatic hydroxyl groups is 1. The summed E-state index contributed by atoms with van der Waals surface area (Å²) in [6, 6.07) is 13.5. The molecule has 2 aromatic carbocycles. The van der Waals surface area contributed by atoms with Crippen molar-refractivity contribution in [1.82, 2.24) is 5.32 Å². The van der Waals surface area contributed by atoms with Crippen molar-refractivity contribution in [3.8, 4) is 11.5 Å². The van der Waals surface area contributed by atoms with Gasteiger partial charge in [-0.1, -0.05) is 37.3 Å². The topological polar surface area (TPSA) is 75.6 Å². The highest BCUT2D eigenvalue weighted by atomic mass is 16.5. The molecule has 5 heteroatoms. The summed E-state index contributed by atoms with van der Waals surface area (Å²) in [5, 5.41) is 13.0. The fraction of sp³-hybridized carbons (Fsp3) is 0.360. The lowest BCUT2D eigenvalue weighted by atomic mass is 9.73. The quantitative estimate of drug-likeness (QED) is 0.775. The second-order valence-corrected chi connectivity index (χ2v) is 7.98. The minimum atomic E-state index is -0.315. The molecule has 1 aliphatic heterocycles. The van der Waals surface area contributed by atoms with Crippen LogP contribution in [0.25, 0.3) is 0 Å². The molecule has 0 spiro atoms. The minimum Gasteiger partial charge on any atom is -0.504 e. The van der Waals surface area contributed by atoms with E-state index in [-0.39, 0.29) is 35.7 Å². The maximum atomic E-state index is 13.2. The predicted octanol–water partition coefficient (Wildman–Crippen LogP) is 4.36. The Kier molecular flexibility index (Phi) is 5.62. The number of phenols is 1. The van der Waals surface area contributed by atoms with Gasteiger partial charge < -0.3 is 15.2 Å². The van der Waals surface area contributed by atoms with Crippen molar-refractivity contribution in [1.29, 1.82) is 0 Å². The number of carbonyl (C=O) groups is 2. The van der Waals surface area contributed by atoms with E-state index in [0.717, 1.165) is 23.2 Å². The molecule has 0 aromatic heterocycles. The van der Waals surface area contributed by atoms with Crippen molar-refractivity contribution in [3.05, 3.63) is 70.4 Å². The van der Waals surface area contributed by atoms with E-state index in [1.54, 1.807) is 18.2 Å². The molecule has 1 heterocycles. The van der Waals surface area contributed by atoms with Crippen LogP contribution in [-0.4, -0.2) is 23.4 Å². The summed E-state index contributed by atoms with van der Waals surface area (Å²) in [6.45, 7) is 4.39. The average molecular weight is 405 g/mol. The molecule has 2 unspecified atom stereocenters. The van der Waals surface area contributed by atoms with E-state index in [9.17, 15) is 14.7 Å². The van der Waals surface area contributed by atoms with Crippen LogP contribution in [0.5, 0.6) is 11.5 Å². The summed E-state index contributed by atoms with van der Waals surface area (Å²) >= 11 is 0. The molecular weight excluding hydrogens is 378 g/mol. The Labute approximate surface area is 176 Å². The highest BCUT2D eigenvalue weighted by Crippen LogP contribution is 2.43. The van der Waals surface area contributed by atoms with E-state index >= 15 is 0 Å². The van der Waals surface area contributed by atoms with Gasteiger partial charge in [0.05, 0.1) is 6.61 Å². The Morgan fingerprint density at radius 3 is 2.43 bits per heavy atom. The van der Waals surface area contributed by atoms with Crippen molar-refractivity contribution in [3.63, 3.8) is 0 Å². The average Bonchev–Trinajstić information content (AvgIpc) is 2.74. The summed E-state index contributed by atoms with van der Waals surface area (Å²) in [7, 11) is 0. The summed E-state index contributed by atoms with van der Waals surface area (Å²) in [5.41, 5.74) is 4.65. The number of Topliss-reactive ketones (excluding diaryl/α,β-unsaturated/α-hetero) is 1. The lowest BCUT2D eigenvalue weighted by Gasteiger charge is -2.34. The molecule has 5 nitrogen and oxygen atoms in total. The molecular formula is C25H27NO4. The molecule has 2 aromatic rings. The van der Waals surface area contributed by atoms with Crippen LogP contribution >= 0.6 is 0 Å². The number of hydrogen-bond donors (Lipinski definition) is 2. The third-order valence-corrected chi connectivity index (χ3v) is 6.08. The Morgan fingerprint density at radius 1 is 1.00 bits per heavy atom. The molecule has 156 valence electrons. The fourth-order valence-electron chi connectivity index (χ4n) is 4.52. The minimum absolute atomic E-state index is 0.0561. The second kappa shape index (κ2) is 8.34. The molecule has 0 fully saturated rings. The molecule has 2 N–H and O–H groups in total. The number of ketones is 1. The summed E-state index contributed by atoms with van der Waals surface area (Å²) in [4.78, 5) is 25.7. The van der Waals surface area contributed by atoms with Crippen LogP contribution in [0.2, 0.25) is 0 Å². The number of carbonyl (C=O) groups excluding carboxylic acids is 2. The molecule has 0 bridgehead atoms. The van der Waals surface area contributed by atoms with Gasteiger partial charge in [0.15, 0.2) is 17.3 Å². The number of allylic oxidation sites excluding steroid dienone is 2. The highest BCUT2D eigenvalue weighted by molar-refractivity contribution is 6.02. The largest absolute Gasteiger partial charge is 0.504 e. The number of aryl methyl sites for hydroxylation is 1. The van der Waals surface area contributed by atoms with Crippen LogP contribution in [0.3, 0.4) is 0 Å². The molecule has 30 heavy (non-hydrogen) atoms. The zero-order valence-electron chi connectivity index (χ0n) is 17.4. The van der Waals surface area contributed by atoms with Gasteiger partial charge >= 0.3 is 0 Å². The van der Waals surface area contributed by atoms with Gasteiger partial charge in [-0.25, -0.2) is 0 Å². The van der Waals surface area contributed by atoms with Crippen molar-refractivity contribution in [2.45, 2.75) is 51.4 Å². The number of amides is 1. The van der Waals surface area contributed by atoms with Crippen molar-refractivity contribution < 1.29 is 19.4 Å². The third-order valence-electron chi connectivity index (χ3n) is 6.08. The van der Waals surface area contributed by atoms with Crippen LogP contribution in [-0.2, 0) is 16.0 Å². The maximum Gasteiger partial charge on any atom is 0.225 e. The van der Waals surface area contributed by atoms with E-state index in [2.05, 4.69) is 36.5 Å². The van der Waals surface area contributed by atoms with Crippen molar-refractivity contribution >= 4 is 11.7 Å². The van der Waals surface area contributed by atoms with Crippen LogP contribution in [0.15, 0.2) is 53.7 Å². The number of phenolic OH excluding ortho intramolecular Hbond substituents is 1. The summed E-state index contributed by atoms with van der Waals surface area (Å²) in [6.07, 6.45) is 2.28. The lowest BCUT2D eigenvalue weighted by Crippen LogP contribution is -2.38. The first-order valence-electron chi connectivity index (χ1n) is 10.6. The van der Waals surface area contributed by atoms with Gasteiger partial charge in [-0.15, -0.1) is 0 Å². The van der Waals surface area contributed by atoms with Crippen LogP contribution in [0.1, 0.15) is 61.6 Å². The van der Waals surface area contributed by atoms with E-state index in [1.165, 1.54) is 5.56 Å². The predicted molar refractivity (Wildman–Crippen MR) is 115 cm³/mol. The van der Waals surface area contributed by atoms with Gasteiger partial charge in [0.25, 0.3) is 0 Å². The Bertz CT molecular complexity index is 1010. The SMILES string of the molecule is CCOc1cc(C2CC(=O)NC3=C2C(=O)CC(c2ccc(CC)cc2)C3)ccc1O. The first-order valence-corrected chi connectivity index (χ1v) is 10.6. The Morgan fingerprint density at radius 2 is 1.73 bits per heavy atom. The number of hydrogen-bond acceptors (Lipinski definition) is 4. The number of ether oxygens (including phenoxy) is 1. The monoisotopic (exact) mass is 405 g/mol. The Balaban J connectivity index is 1.68. The van der Waals surface area contributed by atoms with E-state index in [4.69, 9.17) is 4.74 Å². The standard InChI is InChI=1S/C25H27NO4/c1-3-15-5-7-16(8-6-15)18-11-20-25(22(28)12-18)19(14-24(29)26-20)17-9-10-21(27)23(13-17)30-4-2/h5-10,13,18-19,27H,3-4,11-12,14H2,1-2H3,(H,26,29). The molecule has 4 rings (SSSR count). The lowest BCUT2D eigenvalue weighted by molar-refractivity contribution is -0.122. The molecule has 1 aliphatic carbocycles. The van der Waals surface area contributed by atoms with Gasteiger partial charge in [-0.05, 0) is 54.5 Å².